The number of carbonyl (C=O) groups is 2. The Labute approximate surface area is 117 Å². The maximum absolute atomic E-state index is 13.0. The molecule has 0 radical (unpaired) electrons. The van der Waals surface area contributed by atoms with E-state index in [1.54, 1.807) is 0 Å². The van der Waals surface area contributed by atoms with Gasteiger partial charge >= 0.3 is 17.9 Å². The Morgan fingerprint density at radius 2 is 1.95 bits per heavy atom. The molecule has 0 aliphatic heterocycles. The van der Waals surface area contributed by atoms with E-state index in [0.29, 0.717) is 0 Å². The van der Waals surface area contributed by atoms with Gasteiger partial charge in [-0.3, -0.25) is 4.79 Å². The van der Waals surface area contributed by atoms with E-state index in [0.717, 1.165) is 6.07 Å². The highest BCUT2D eigenvalue weighted by Gasteiger charge is 2.35. The standard InChI is InChI=1S/C14H11F3O4/c1-3-20-13(19)11(18)12-7(2)10-8(14(15,16)17)5-4-6-9(10)21-12/h4-6H,3H2,1-2H3. The molecule has 7 heteroatoms. The van der Waals surface area contributed by atoms with Crippen LogP contribution in [0.5, 0.6) is 0 Å². The Balaban J connectivity index is 2.62. The van der Waals surface area contributed by atoms with Gasteiger partial charge in [-0.1, -0.05) is 6.07 Å². The first kappa shape index (κ1) is 15.1. The molecule has 4 nitrogen and oxygen atoms in total. The van der Waals surface area contributed by atoms with E-state index < -0.39 is 29.3 Å². The van der Waals surface area contributed by atoms with Crippen molar-refractivity contribution >= 4 is 22.7 Å². The van der Waals surface area contributed by atoms with Crippen molar-refractivity contribution in [1.82, 2.24) is 0 Å². The second-order valence-electron chi connectivity index (χ2n) is 4.28. The van der Waals surface area contributed by atoms with Crippen molar-refractivity contribution in [2.45, 2.75) is 20.0 Å². The summed E-state index contributed by atoms with van der Waals surface area (Å²) in [7, 11) is 0. The number of esters is 1. The molecule has 0 N–H and O–H groups in total. The number of furan rings is 1. The zero-order valence-electron chi connectivity index (χ0n) is 11.2. The third-order valence-electron chi connectivity index (χ3n) is 2.93. The molecule has 0 saturated carbocycles. The topological polar surface area (TPSA) is 56.5 Å². The maximum Gasteiger partial charge on any atom is 0.417 e. The molecule has 1 aromatic heterocycles. The lowest BCUT2D eigenvalue weighted by Crippen LogP contribution is -2.17. The van der Waals surface area contributed by atoms with Crippen molar-refractivity contribution in [3.8, 4) is 0 Å². The van der Waals surface area contributed by atoms with Gasteiger partial charge in [-0.15, -0.1) is 0 Å². The lowest BCUT2D eigenvalue weighted by Gasteiger charge is -2.07. The Bertz CT molecular complexity index is 713. The molecule has 112 valence electrons. The first-order chi connectivity index (χ1) is 9.77. The van der Waals surface area contributed by atoms with E-state index in [4.69, 9.17) is 4.42 Å². The number of carbonyl (C=O) groups excluding carboxylic acids is 2. The highest BCUT2D eigenvalue weighted by atomic mass is 19.4. The molecule has 0 saturated heterocycles. The van der Waals surface area contributed by atoms with Crippen LogP contribution in [0.1, 0.15) is 28.6 Å². The lowest BCUT2D eigenvalue weighted by molar-refractivity contribution is -0.138. The summed E-state index contributed by atoms with van der Waals surface area (Å²) < 4.78 is 48.6. The van der Waals surface area contributed by atoms with Crippen molar-refractivity contribution in [3.05, 3.63) is 35.1 Å². The van der Waals surface area contributed by atoms with Gasteiger partial charge in [0.1, 0.15) is 5.58 Å². The van der Waals surface area contributed by atoms with Crippen LogP contribution in [0.3, 0.4) is 0 Å². The average molecular weight is 300 g/mol. The van der Waals surface area contributed by atoms with Gasteiger partial charge in [0.05, 0.1) is 12.2 Å². The van der Waals surface area contributed by atoms with Crippen LogP contribution in [0, 0.1) is 6.92 Å². The molecule has 0 bridgehead atoms. The normalized spacial score (nSPS) is 11.7. The number of benzene rings is 1. The van der Waals surface area contributed by atoms with Crippen molar-refractivity contribution < 1.29 is 31.9 Å². The van der Waals surface area contributed by atoms with Gasteiger partial charge in [0.25, 0.3) is 0 Å². The van der Waals surface area contributed by atoms with Crippen LogP contribution in [-0.4, -0.2) is 18.4 Å². The van der Waals surface area contributed by atoms with Crippen LogP contribution in [0.15, 0.2) is 22.6 Å². The van der Waals surface area contributed by atoms with Crippen LogP contribution in [0.25, 0.3) is 11.0 Å². The van der Waals surface area contributed by atoms with Gasteiger partial charge in [-0.2, -0.15) is 13.2 Å². The summed E-state index contributed by atoms with van der Waals surface area (Å²) in [5.74, 6) is -2.69. The Morgan fingerprint density at radius 3 is 2.52 bits per heavy atom. The van der Waals surface area contributed by atoms with E-state index in [-0.39, 0.29) is 23.1 Å². The number of ketones is 1. The smallest absolute Gasteiger partial charge is 0.417 e. The average Bonchev–Trinajstić information content (AvgIpc) is 2.74. The fourth-order valence-electron chi connectivity index (χ4n) is 2.05. The molecular formula is C14H11F3O4. The van der Waals surface area contributed by atoms with Crippen molar-refractivity contribution in [2.75, 3.05) is 6.61 Å². The van der Waals surface area contributed by atoms with Crippen LogP contribution in [0.2, 0.25) is 0 Å². The number of ether oxygens (including phenoxy) is 1. The number of halogens is 3. The number of Topliss-reactive ketones (excluding diaryl/α,β-unsaturated/α-hetero) is 1. The highest BCUT2D eigenvalue weighted by Crippen LogP contribution is 2.38. The van der Waals surface area contributed by atoms with Crippen LogP contribution in [-0.2, 0) is 15.7 Å². The van der Waals surface area contributed by atoms with Crippen LogP contribution < -0.4 is 0 Å². The second-order valence-corrected chi connectivity index (χ2v) is 4.28. The summed E-state index contributed by atoms with van der Waals surface area (Å²) in [5.41, 5.74) is -1.05. The molecule has 1 aromatic carbocycles. The molecule has 21 heavy (non-hydrogen) atoms. The number of aryl methyl sites for hydroxylation is 1. The molecule has 0 fully saturated rings. The largest absolute Gasteiger partial charge is 0.460 e. The number of fused-ring (bicyclic) bond motifs is 1. The Kier molecular flexibility index (Phi) is 3.76. The molecular weight excluding hydrogens is 289 g/mol. The second kappa shape index (κ2) is 5.23. The van der Waals surface area contributed by atoms with E-state index in [2.05, 4.69) is 4.74 Å². The highest BCUT2D eigenvalue weighted by molar-refractivity contribution is 6.40. The zero-order chi connectivity index (χ0) is 15.8. The molecule has 0 unspecified atom stereocenters. The molecule has 0 aliphatic rings. The van der Waals surface area contributed by atoms with Gasteiger partial charge in [-0.05, 0) is 26.0 Å². The molecule has 1 heterocycles. The first-order valence-corrected chi connectivity index (χ1v) is 6.08. The van der Waals surface area contributed by atoms with E-state index >= 15 is 0 Å². The maximum atomic E-state index is 13.0. The fraction of sp³-hybridized carbons (Fsp3) is 0.286. The summed E-state index contributed by atoms with van der Waals surface area (Å²) in [4.78, 5) is 23.2. The van der Waals surface area contributed by atoms with Gasteiger partial charge in [-0.25, -0.2) is 4.79 Å². The van der Waals surface area contributed by atoms with Crippen molar-refractivity contribution in [3.63, 3.8) is 0 Å². The molecule has 0 amide bonds. The monoisotopic (exact) mass is 300 g/mol. The molecule has 2 aromatic rings. The van der Waals surface area contributed by atoms with Crippen molar-refractivity contribution in [1.29, 1.82) is 0 Å². The van der Waals surface area contributed by atoms with Gasteiger partial charge in [0, 0.05) is 10.9 Å². The van der Waals surface area contributed by atoms with Crippen molar-refractivity contribution in [2.24, 2.45) is 0 Å². The predicted molar refractivity (Wildman–Crippen MR) is 66.9 cm³/mol. The number of rotatable bonds is 3. The minimum absolute atomic E-state index is 0.0162. The van der Waals surface area contributed by atoms with Crippen LogP contribution in [0.4, 0.5) is 13.2 Å². The van der Waals surface area contributed by atoms with Crippen LogP contribution >= 0.6 is 0 Å². The molecule has 0 aliphatic carbocycles. The summed E-state index contributed by atoms with van der Waals surface area (Å²) in [6, 6.07) is 3.37. The predicted octanol–water partition coefficient (Wildman–Crippen LogP) is 3.51. The number of alkyl halides is 3. The van der Waals surface area contributed by atoms with E-state index in [1.165, 1.54) is 26.0 Å². The molecule has 0 atom stereocenters. The Morgan fingerprint density at radius 1 is 1.29 bits per heavy atom. The fourth-order valence-corrected chi connectivity index (χ4v) is 2.05. The number of hydrogen-bond donors (Lipinski definition) is 0. The van der Waals surface area contributed by atoms with Gasteiger partial charge < -0.3 is 9.15 Å². The van der Waals surface area contributed by atoms with E-state index in [1.807, 2.05) is 0 Å². The Hall–Kier alpha value is -2.31. The third-order valence-corrected chi connectivity index (χ3v) is 2.93. The quantitative estimate of drug-likeness (QED) is 0.494. The van der Waals surface area contributed by atoms with Gasteiger partial charge in [0.15, 0.2) is 5.76 Å². The molecule has 0 spiro atoms. The summed E-state index contributed by atoms with van der Waals surface area (Å²) in [6.45, 7) is 2.80. The summed E-state index contributed by atoms with van der Waals surface area (Å²) in [5, 5.41) is -0.224. The minimum Gasteiger partial charge on any atom is -0.460 e. The van der Waals surface area contributed by atoms with E-state index in [9.17, 15) is 22.8 Å². The third kappa shape index (κ3) is 2.63. The van der Waals surface area contributed by atoms with Gasteiger partial charge in [0.2, 0.25) is 0 Å². The summed E-state index contributed by atoms with van der Waals surface area (Å²) in [6.07, 6.45) is -4.58. The minimum atomic E-state index is -4.58. The number of hydrogen-bond acceptors (Lipinski definition) is 4. The lowest BCUT2D eigenvalue weighted by atomic mass is 10.0. The molecule has 2 rings (SSSR count). The SMILES string of the molecule is CCOC(=O)C(=O)c1oc2cccc(C(F)(F)F)c2c1C. The summed E-state index contributed by atoms with van der Waals surface area (Å²) >= 11 is 0. The zero-order valence-corrected chi connectivity index (χ0v) is 11.2. The first-order valence-electron chi connectivity index (χ1n) is 6.08.